The first-order chi connectivity index (χ1) is 9.77. The van der Waals surface area contributed by atoms with E-state index in [4.69, 9.17) is 11.2 Å². The van der Waals surface area contributed by atoms with E-state index in [9.17, 15) is 4.79 Å². The molecule has 2 atom stereocenters. The van der Waals surface area contributed by atoms with Crippen molar-refractivity contribution in [2.75, 3.05) is 19.7 Å². The minimum atomic E-state index is -0.149. The fraction of sp³-hybridized carbons (Fsp3) is 0.471. The topological polar surface area (TPSA) is 29.5 Å². The molecule has 2 unspecified atom stereocenters. The minimum absolute atomic E-state index is 0.110. The molecule has 20 heavy (non-hydrogen) atoms. The molecule has 0 spiro atoms. The first kappa shape index (κ1) is 14.6. The Morgan fingerprint density at radius 1 is 1.45 bits per heavy atom. The molecule has 3 heteroatoms. The molecule has 0 N–H and O–H groups in total. The maximum atomic E-state index is 12.7. The Kier molecular flexibility index (Phi) is 5.20. The molecule has 106 valence electrons. The monoisotopic (exact) mass is 271 g/mol. The number of ether oxygens (including phenoxy) is 1. The van der Waals surface area contributed by atoms with Gasteiger partial charge in [0.15, 0.2) is 0 Å². The van der Waals surface area contributed by atoms with Crippen molar-refractivity contribution in [2.24, 2.45) is 5.92 Å². The molecule has 1 heterocycles. The summed E-state index contributed by atoms with van der Waals surface area (Å²) in [4.78, 5) is 14.4. The molecule has 1 amide bonds. The predicted octanol–water partition coefficient (Wildman–Crippen LogP) is 2.64. The lowest BCUT2D eigenvalue weighted by atomic mass is 9.88. The van der Waals surface area contributed by atoms with E-state index in [1.54, 1.807) is 4.90 Å². The minimum Gasteiger partial charge on any atom is -0.373 e. The highest BCUT2D eigenvalue weighted by Crippen LogP contribution is 2.34. The second kappa shape index (κ2) is 7.12. The largest absolute Gasteiger partial charge is 0.373 e. The summed E-state index contributed by atoms with van der Waals surface area (Å²) in [6.45, 7) is 3.68. The van der Waals surface area contributed by atoms with E-state index in [1.165, 1.54) is 0 Å². The molecule has 1 saturated heterocycles. The Labute approximate surface area is 120 Å². The summed E-state index contributed by atoms with van der Waals surface area (Å²) >= 11 is 0. The van der Waals surface area contributed by atoms with Gasteiger partial charge in [0, 0.05) is 13.2 Å². The molecule has 0 aromatic heterocycles. The second-order valence-electron chi connectivity index (χ2n) is 5.01. The van der Waals surface area contributed by atoms with Crippen molar-refractivity contribution in [3.63, 3.8) is 0 Å². The summed E-state index contributed by atoms with van der Waals surface area (Å²) < 4.78 is 5.87. The van der Waals surface area contributed by atoms with E-state index < -0.39 is 0 Å². The van der Waals surface area contributed by atoms with Crippen LogP contribution < -0.4 is 0 Å². The van der Waals surface area contributed by atoms with Crippen LogP contribution >= 0.6 is 0 Å². The van der Waals surface area contributed by atoms with Crippen molar-refractivity contribution in [3.05, 3.63) is 35.9 Å². The number of terminal acetylenes is 1. The third-order valence-corrected chi connectivity index (χ3v) is 3.74. The van der Waals surface area contributed by atoms with E-state index in [0.717, 1.165) is 18.4 Å². The van der Waals surface area contributed by atoms with Crippen LogP contribution in [0.2, 0.25) is 0 Å². The molecule has 1 aromatic rings. The van der Waals surface area contributed by atoms with E-state index in [2.05, 4.69) is 5.92 Å². The average molecular weight is 271 g/mol. The number of carbonyl (C=O) groups is 1. The highest BCUT2D eigenvalue weighted by atomic mass is 16.5. The molecule has 1 fully saturated rings. The Hall–Kier alpha value is -1.79. The van der Waals surface area contributed by atoms with Gasteiger partial charge in [-0.2, -0.15) is 0 Å². The second-order valence-corrected chi connectivity index (χ2v) is 5.01. The SMILES string of the molecule is C#CCN(CC)C(=O)C1CCCOC1c1ccccc1. The fourth-order valence-corrected chi connectivity index (χ4v) is 2.70. The number of amides is 1. The molecule has 0 saturated carbocycles. The molecular formula is C17H21NO2. The zero-order chi connectivity index (χ0) is 14.4. The zero-order valence-electron chi connectivity index (χ0n) is 11.9. The third kappa shape index (κ3) is 3.20. The molecular weight excluding hydrogens is 250 g/mol. The molecule has 1 aliphatic rings. The summed E-state index contributed by atoms with van der Waals surface area (Å²) in [5.41, 5.74) is 1.07. The van der Waals surface area contributed by atoms with Gasteiger partial charge < -0.3 is 9.64 Å². The number of benzene rings is 1. The number of hydrogen-bond donors (Lipinski definition) is 0. The quantitative estimate of drug-likeness (QED) is 0.788. The number of carbonyl (C=O) groups excluding carboxylic acids is 1. The van der Waals surface area contributed by atoms with Gasteiger partial charge in [-0.3, -0.25) is 4.79 Å². The third-order valence-electron chi connectivity index (χ3n) is 3.74. The van der Waals surface area contributed by atoms with Crippen LogP contribution in [0.1, 0.15) is 31.4 Å². The first-order valence-corrected chi connectivity index (χ1v) is 7.16. The van der Waals surface area contributed by atoms with Crippen LogP contribution in [0.15, 0.2) is 30.3 Å². The first-order valence-electron chi connectivity index (χ1n) is 7.16. The highest BCUT2D eigenvalue weighted by molar-refractivity contribution is 5.80. The van der Waals surface area contributed by atoms with Crippen molar-refractivity contribution in [3.8, 4) is 12.3 Å². The summed E-state index contributed by atoms with van der Waals surface area (Å²) in [5, 5.41) is 0. The van der Waals surface area contributed by atoms with Crippen LogP contribution in [-0.4, -0.2) is 30.5 Å². The summed E-state index contributed by atoms with van der Waals surface area (Å²) in [6.07, 6.45) is 6.98. The maximum Gasteiger partial charge on any atom is 0.229 e. The van der Waals surface area contributed by atoms with E-state index in [-0.39, 0.29) is 17.9 Å². The predicted molar refractivity (Wildman–Crippen MR) is 78.9 cm³/mol. The van der Waals surface area contributed by atoms with Gasteiger partial charge in [0.1, 0.15) is 0 Å². The summed E-state index contributed by atoms with van der Waals surface area (Å²) in [5.74, 6) is 2.54. The van der Waals surface area contributed by atoms with Gasteiger partial charge in [0.2, 0.25) is 5.91 Å². The van der Waals surface area contributed by atoms with Crippen molar-refractivity contribution in [2.45, 2.75) is 25.9 Å². The van der Waals surface area contributed by atoms with Gasteiger partial charge >= 0.3 is 0 Å². The van der Waals surface area contributed by atoms with Crippen LogP contribution in [0.3, 0.4) is 0 Å². The van der Waals surface area contributed by atoms with Crippen LogP contribution in [0.25, 0.3) is 0 Å². The van der Waals surface area contributed by atoms with Gasteiger partial charge in [-0.05, 0) is 25.3 Å². The van der Waals surface area contributed by atoms with E-state index in [1.807, 2.05) is 37.3 Å². The fourth-order valence-electron chi connectivity index (χ4n) is 2.70. The summed E-state index contributed by atoms with van der Waals surface area (Å²) in [7, 11) is 0. The smallest absolute Gasteiger partial charge is 0.229 e. The van der Waals surface area contributed by atoms with Crippen LogP contribution in [0.4, 0.5) is 0 Å². The van der Waals surface area contributed by atoms with Crippen molar-refractivity contribution >= 4 is 5.91 Å². The molecule has 3 nitrogen and oxygen atoms in total. The highest BCUT2D eigenvalue weighted by Gasteiger charge is 2.34. The van der Waals surface area contributed by atoms with Crippen LogP contribution in [0, 0.1) is 18.3 Å². The molecule has 1 aromatic carbocycles. The Bertz CT molecular complexity index is 478. The Morgan fingerprint density at radius 2 is 2.20 bits per heavy atom. The maximum absolute atomic E-state index is 12.7. The zero-order valence-corrected chi connectivity index (χ0v) is 11.9. The van der Waals surface area contributed by atoms with Crippen molar-refractivity contribution < 1.29 is 9.53 Å². The Balaban J connectivity index is 2.19. The number of nitrogens with zero attached hydrogens (tertiary/aromatic N) is 1. The lowest BCUT2D eigenvalue weighted by Crippen LogP contribution is -2.41. The Morgan fingerprint density at radius 3 is 2.85 bits per heavy atom. The van der Waals surface area contributed by atoms with E-state index in [0.29, 0.717) is 19.7 Å². The molecule has 0 bridgehead atoms. The lowest BCUT2D eigenvalue weighted by molar-refractivity contribution is -0.144. The van der Waals surface area contributed by atoms with Gasteiger partial charge in [-0.25, -0.2) is 0 Å². The van der Waals surface area contributed by atoms with Gasteiger partial charge in [-0.15, -0.1) is 6.42 Å². The molecule has 0 radical (unpaired) electrons. The van der Waals surface area contributed by atoms with Gasteiger partial charge in [0.25, 0.3) is 0 Å². The van der Waals surface area contributed by atoms with Crippen LogP contribution in [0.5, 0.6) is 0 Å². The number of rotatable bonds is 4. The van der Waals surface area contributed by atoms with Crippen molar-refractivity contribution in [1.82, 2.24) is 4.90 Å². The van der Waals surface area contributed by atoms with Gasteiger partial charge in [0.05, 0.1) is 18.6 Å². The average Bonchev–Trinajstić information content (AvgIpc) is 2.53. The standard InChI is InChI=1S/C17H21NO2/c1-3-12-18(4-2)17(19)15-11-8-13-20-16(15)14-9-6-5-7-10-14/h1,5-7,9-10,15-16H,4,8,11-13H2,2H3. The number of hydrogen-bond acceptors (Lipinski definition) is 2. The van der Waals surface area contributed by atoms with Crippen LogP contribution in [-0.2, 0) is 9.53 Å². The molecule has 2 rings (SSSR count). The normalized spacial score (nSPS) is 22.0. The molecule has 0 aliphatic carbocycles. The van der Waals surface area contributed by atoms with Crippen molar-refractivity contribution in [1.29, 1.82) is 0 Å². The van der Waals surface area contributed by atoms with Gasteiger partial charge in [-0.1, -0.05) is 36.3 Å². The molecule has 1 aliphatic heterocycles. The lowest BCUT2D eigenvalue weighted by Gasteiger charge is -2.34. The summed E-state index contributed by atoms with van der Waals surface area (Å²) in [6, 6.07) is 9.98. The van der Waals surface area contributed by atoms with E-state index >= 15 is 0 Å².